The van der Waals surface area contributed by atoms with Crippen molar-refractivity contribution in [1.82, 2.24) is 4.57 Å². The molecular weight excluding hydrogens is 270 g/mol. The number of ether oxygens (including phenoxy) is 3. The highest BCUT2D eigenvalue weighted by molar-refractivity contribution is 5.89. The van der Waals surface area contributed by atoms with Gasteiger partial charge in [-0.1, -0.05) is 13.8 Å². The summed E-state index contributed by atoms with van der Waals surface area (Å²) in [6.07, 6.45) is 0.727. The molecule has 21 heavy (non-hydrogen) atoms. The van der Waals surface area contributed by atoms with Crippen molar-refractivity contribution in [1.29, 1.82) is 0 Å². The minimum atomic E-state index is 0.0413. The summed E-state index contributed by atoms with van der Waals surface area (Å²) in [5.41, 5.74) is 1.56. The van der Waals surface area contributed by atoms with E-state index in [-0.39, 0.29) is 18.3 Å². The van der Waals surface area contributed by atoms with Crippen LogP contribution >= 0.6 is 0 Å². The van der Waals surface area contributed by atoms with Gasteiger partial charge in [-0.3, -0.25) is 4.79 Å². The maximum absolute atomic E-state index is 12.8. The van der Waals surface area contributed by atoms with Crippen LogP contribution in [0, 0.1) is 5.92 Å². The van der Waals surface area contributed by atoms with E-state index < -0.39 is 0 Å². The summed E-state index contributed by atoms with van der Waals surface area (Å²) in [6.45, 7) is 4.40. The molecule has 2 aliphatic rings. The van der Waals surface area contributed by atoms with Crippen molar-refractivity contribution >= 4 is 10.9 Å². The molecule has 5 heteroatoms. The van der Waals surface area contributed by atoms with Gasteiger partial charge in [0, 0.05) is 13.5 Å². The van der Waals surface area contributed by atoms with Gasteiger partial charge in [0.2, 0.25) is 12.7 Å². The molecular formula is C16H17NO4. The average molecular weight is 287 g/mol. The minimum Gasteiger partial charge on any atom is -0.475 e. The van der Waals surface area contributed by atoms with E-state index in [0.717, 1.165) is 11.1 Å². The second-order valence-corrected chi connectivity index (χ2v) is 5.97. The average Bonchev–Trinajstić information content (AvgIpc) is 3.10. The van der Waals surface area contributed by atoms with Crippen LogP contribution in [-0.2, 0) is 13.5 Å². The maximum atomic E-state index is 12.8. The molecule has 1 unspecified atom stereocenters. The molecule has 0 aliphatic carbocycles. The smallest absolute Gasteiger partial charge is 0.231 e. The summed E-state index contributed by atoms with van der Waals surface area (Å²) < 4.78 is 18.9. The van der Waals surface area contributed by atoms with Crippen LogP contribution in [0.2, 0.25) is 0 Å². The lowest BCUT2D eigenvalue weighted by Gasteiger charge is -2.16. The molecule has 5 nitrogen and oxygen atoms in total. The lowest BCUT2D eigenvalue weighted by molar-refractivity contribution is 0.167. The zero-order chi connectivity index (χ0) is 14.7. The molecule has 3 heterocycles. The highest BCUT2D eigenvalue weighted by Gasteiger charge is 2.32. The third kappa shape index (κ3) is 1.60. The van der Waals surface area contributed by atoms with E-state index in [1.165, 1.54) is 0 Å². The predicted molar refractivity (Wildman–Crippen MR) is 78.3 cm³/mol. The SMILES string of the molecule is CC(C)C1Cc2c(n(C)c3c4c(ccc3c2=O)OCO4)O1. The molecule has 1 atom stereocenters. The standard InChI is InChI=1S/C16H17NO4/c1-8(2)12-6-10-14(18)9-4-5-11-15(20-7-19-11)13(9)17(3)16(10)21-12/h4-5,8,12H,6-7H2,1-3H3. The van der Waals surface area contributed by atoms with E-state index in [0.29, 0.717) is 35.1 Å². The third-order valence-corrected chi connectivity index (χ3v) is 4.34. The number of fused-ring (bicyclic) bond motifs is 4. The zero-order valence-corrected chi connectivity index (χ0v) is 12.3. The molecule has 0 spiro atoms. The molecule has 0 bridgehead atoms. The topological polar surface area (TPSA) is 49.7 Å². The molecule has 0 radical (unpaired) electrons. The van der Waals surface area contributed by atoms with Gasteiger partial charge in [-0.15, -0.1) is 0 Å². The molecule has 0 amide bonds. The second kappa shape index (κ2) is 4.16. The van der Waals surface area contributed by atoms with E-state index >= 15 is 0 Å². The number of aryl methyl sites for hydroxylation is 1. The van der Waals surface area contributed by atoms with Gasteiger partial charge in [0.25, 0.3) is 0 Å². The molecule has 1 aromatic carbocycles. The highest BCUT2D eigenvalue weighted by atomic mass is 16.7. The van der Waals surface area contributed by atoms with Crippen molar-refractivity contribution in [2.24, 2.45) is 13.0 Å². The Labute approximate surface area is 122 Å². The van der Waals surface area contributed by atoms with Crippen molar-refractivity contribution in [3.63, 3.8) is 0 Å². The van der Waals surface area contributed by atoms with Gasteiger partial charge in [-0.2, -0.15) is 0 Å². The van der Waals surface area contributed by atoms with Crippen molar-refractivity contribution in [2.45, 2.75) is 26.4 Å². The quantitative estimate of drug-likeness (QED) is 0.807. The Bertz CT molecular complexity index is 806. The van der Waals surface area contributed by atoms with Crippen molar-refractivity contribution < 1.29 is 14.2 Å². The van der Waals surface area contributed by atoms with E-state index in [2.05, 4.69) is 13.8 Å². The van der Waals surface area contributed by atoms with Crippen LogP contribution < -0.4 is 19.6 Å². The monoisotopic (exact) mass is 287 g/mol. The first-order valence-corrected chi connectivity index (χ1v) is 7.18. The van der Waals surface area contributed by atoms with Crippen LogP contribution in [0.1, 0.15) is 19.4 Å². The summed E-state index contributed by atoms with van der Waals surface area (Å²) in [6, 6.07) is 3.61. The van der Waals surface area contributed by atoms with Crippen molar-refractivity contribution in [2.75, 3.05) is 6.79 Å². The normalized spacial score (nSPS) is 19.1. The van der Waals surface area contributed by atoms with Gasteiger partial charge in [-0.05, 0) is 18.1 Å². The van der Waals surface area contributed by atoms with E-state index in [4.69, 9.17) is 14.2 Å². The van der Waals surface area contributed by atoms with Crippen molar-refractivity contribution in [3.8, 4) is 17.4 Å². The number of rotatable bonds is 1. The molecule has 0 saturated heterocycles. The molecule has 4 rings (SSSR count). The number of pyridine rings is 1. The van der Waals surface area contributed by atoms with Crippen LogP contribution in [0.3, 0.4) is 0 Å². The molecule has 0 N–H and O–H groups in total. The number of hydrogen-bond acceptors (Lipinski definition) is 4. The molecule has 2 aliphatic heterocycles. The van der Waals surface area contributed by atoms with E-state index in [1.54, 1.807) is 6.07 Å². The Kier molecular flexibility index (Phi) is 2.49. The summed E-state index contributed by atoms with van der Waals surface area (Å²) in [7, 11) is 1.91. The van der Waals surface area contributed by atoms with Gasteiger partial charge < -0.3 is 18.8 Å². The summed E-state index contributed by atoms with van der Waals surface area (Å²) >= 11 is 0. The Hall–Kier alpha value is -2.17. The Morgan fingerprint density at radius 2 is 2.10 bits per heavy atom. The van der Waals surface area contributed by atoms with Crippen LogP contribution in [0.15, 0.2) is 16.9 Å². The van der Waals surface area contributed by atoms with Gasteiger partial charge in [0.1, 0.15) is 11.6 Å². The van der Waals surface area contributed by atoms with Crippen LogP contribution in [-0.4, -0.2) is 17.5 Å². The molecule has 110 valence electrons. The zero-order valence-electron chi connectivity index (χ0n) is 12.3. The summed E-state index contributed by atoms with van der Waals surface area (Å²) in [4.78, 5) is 12.8. The summed E-state index contributed by atoms with van der Waals surface area (Å²) in [5.74, 6) is 2.34. The number of benzene rings is 1. The van der Waals surface area contributed by atoms with Crippen LogP contribution in [0.5, 0.6) is 17.4 Å². The fraction of sp³-hybridized carbons (Fsp3) is 0.438. The minimum absolute atomic E-state index is 0.0413. The molecule has 1 aromatic heterocycles. The Balaban J connectivity index is 2.04. The largest absolute Gasteiger partial charge is 0.475 e. The first kappa shape index (κ1) is 12.6. The van der Waals surface area contributed by atoms with E-state index in [9.17, 15) is 4.79 Å². The number of hydrogen-bond donors (Lipinski definition) is 0. The predicted octanol–water partition coefficient (Wildman–Crippen LogP) is 2.23. The lowest BCUT2D eigenvalue weighted by atomic mass is 10.0. The van der Waals surface area contributed by atoms with Crippen LogP contribution in [0.25, 0.3) is 10.9 Å². The van der Waals surface area contributed by atoms with Crippen LogP contribution in [0.4, 0.5) is 0 Å². The number of aromatic nitrogens is 1. The summed E-state index contributed by atoms with van der Waals surface area (Å²) in [5, 5.41) is 0.661. The second-order valence-electron chi connectivity index (χ2n) is 5.97. The van der Waals surface area contributed by atoms with Gasteiger partial charge in [0.15, 0.2) is 16.9 Å². The molecule has 0 saturated carbocycles. The fourth-order valence-corrected chi connectivity index (χ4v) is 3.13. The van der Waals surface area contributed by atoms with E-state index in [1.807, 2.05) is 17.7 Å². The number of nitrogens with zero attached hydrogens (tertiary/aromatic N) is 1. The highest BCUT2D eigenvalue weighted by Crippen LogP contribution is 2.41. The Morgan fingerprint density at radius 1 is 1.29 bits per heavy atom. The van der Waals surface area contributed by atoms with Gasteiger partial charge in [-0.25, -0.2) is 0 Å². The maximum Gasteiger partial charge on any atom is 0.231 e. The molecule has 0 fully saturated rings. The van der Waals surface area contributed by atoms with Gasteiger partial charge in [0.05, 0.1) is 10.9 Å². The first-order chi connectivity index (χ1) is 10.1. The first-order valence-electron chi connectivity index (χ1n) is 7.18. The van der Waals surface area contributed by atoms with Gasteiger partial charge >= 0.3 is 0 Å². The molecule has 2 aromatic rings. The van der Waals surface area contributed by atoms with Crippen molar-refractivity contribution in [3.05, 3.63) is 27.9 Å². The lowest BCUT2D eigenvalue weighted by Crippen LogP contribution is -2.20. The fourth-order valence-electron chi connectivity index (χ4n) is 3.13. The Morgan fingerprint density at radius 3 is 2.86 bits per heavy atom. The third-order valence-electron chi connectivity index (χ3n) is 4.34.